The van der Waals surface area contributed by atoms with E-state index in [1.54, 1.807) is 45.8 Å². The number of rotatable bonds is 6. The fourth-order valence-electron chi connectivity index (χ4n) is 6.26. The minimum absolute atomic E-state index is 0.0214. The molecule has 9 heteroatoms. The Labute approximate surface area is 221 Å². The van der Waals surface area contributed by atoms with Gasteiger partial charge in [-0.1, -0.05) is 49.8 Å². The molecule has 1 spiro atoms. The van der Waals surface area contributed by atoms with E-state index in [0.29, 0.717) is 36.8 Å². The lowest BCUT2D eigenvalue weighted by Gasteiger charge is -2.38. The van der Waals surface area contributed by atoms with Gasteiger partial charge in [0.05, 0.1) is 29.2 Å². The maximum Gasteiger partial charge on any atom is 0.251 e. The second kappa shape index (κ2) is 9.88. The molecule has 0 aromatic heterocycles. The average Bonchev–Trinajstić information content (AvgIpc) is 3.19. The van der Waals surface area contributed by atoms with Crippen molar-refractivity contribution >= 4 is 46.8 Å². The van der Waals surface area contributed by atoms with E-state index in [0.717, 1.165) is 6.42 Å². The number of hydrogen-bond acceptors (Lipinski definition) is 5. The van der Waals surface area contributed by atoms with Gasteiger partial charge in [-0.25, -0.2) is 0 Å². The Morgan fingerprint density at radius 3 is 2.50 bits per heavy atom. The Balaban J connectivity index is 1.63. The summed E-state index contributed by atoms with van der Waals surface area (Å²) in [6, 6.07) is 5.76. The van der Waals surface area contributed by atoms with Crippen molar-refractivity contribution in [1.29, 1.82) is 0 Å². The highest BCUT2D eigenvalue weighted by Gasteiger charge is 2.71. The van der Waals surface area contributed by atoms with Crippen LogP contribution in [-0.4, -0.2) is 80.9 Å². The molecule has 0 saturated carbocycles. The number of fused-ring (bicyclic) bond motifs is 2. The number of benzene rings is 1. The summed E-state index contributed by atoms with van der Waals surface area (Å²) in [4.78, 5) is 47.4. The maximum atomic E-state index is 14.3. The van der Waals surface area contributed by atoms with Gasteiger partial charge in [-0.3, -0.25) is 14.4 Å². The van der Waals surface area contributed by atoms with Crippen molar-refractivity contribution in [3.8, 4) is 0 Å². The lowest BCUT2D eigenvalue weighted by Crippen LogP contribution is -2.56. The number of anilines is 1. The summed E-state index contributed by atoms with van der Waals surface area (Å²) in [6.45, 7) is 5.22. The van der Waals surface area contributed by atoms with E-state index in [2.05, 4.69) is 0 Å². The van der Waals surface area contributed by atoms with Crippen LogP contribution in [0.3, 0.4) is 0 Å². The lowest BCUT2D eigenvalue weighted by atomic mass is 9.78. The number of nitrogens with zero attached hydrogens (tertiary/aromatic N) is 3. The Morgan fingerprint density at radius 2 is 1.83 bits per heavy atom. The van der Waals surface area contributed by atoms with Crippen LogP contribution in [0.15, 0.2) is 48.6 Å². The highest BCUT2D eigenvalue weighted by molar-refractivity contribution is 8.02. The Kier molecular flexibility index (Phi) is 6.96. The number of carbonyl (C=O) groups is 3. The number of carbonyl (C=O) groups excluding carboxylic acids is 3. The van der Waals surface area contributed by atoms with E-state index in [4.69, 9.17) is 11.6 Å². The van der Waals surface area contributed by atoms with Gasteiger partial charge in [0.25, 0.3) is 5.91 Å². The third-order valence-corrected chi connectivity index (χ3v) is 9.88. The molecule has 1 N–H and O–H groups in total. The summed E-state index contributed by atoms with van der Waals surface area (Å²) in [7, 11) is 0. The quantitative estimate of drug-likeness (QED) is 0.573. The van der Waals surface area contributed by atoms with E-state index < -0.39 is 28.7 Å². The topological polar surface area (TPSA) is 81.2 Å². The third kappa shape index (κ3) is 3.80. The van der Waals surface area contributed by atoms with E-state index in [-0.39, 0.29) is 29.6 Å². The predicted molar refractivity (Wildman–Crippen MR) is 142 cm³/mol. The van der Waals surface area contributed by atoms with Crippen LogP contribution in [0.2, 0.25) is 5.02 Å². The Hall–Kier alpha value is -2.29. The van der Waals surface area contributed by atoms with E-state index in [1.807, 2.05) is 43.1 Å². The van der Waals surface area contributed by atoms with E-state index >= 15 is 0 Å². The summed E-state index contributed by atoms with van der Waals surface area (Å²) in [5.41, 5.74) is 0.696. The summed E-state index contributed by atoms with van der Waals surface area (Å²) >= 11 is 7.65. The number of aliphatic hydroxyl groups excluding tert-OH is 1. The van der Waals surface area contributed by atoms with Gasteiger partial charge in [0.2, 0.25) is 11.8 Å². The van der Waals surface area contributed by atoms with Gasteiger partial charge in [0.15, 0.2) is 0 Å². The molecule has 5 rings (SSSR count). The van der Waals surface area contributed by atoms with Gasteiger partial charge in [0, 0.05) is 35.6 Å². The molecule has 2 saturated heterocycles. The van der Waals surface area contributed by atoms with Crippen LogP contribution in [0, 0.1) is 11.8 Å². The third-order valence-electron chi connectivity index (χ3n) is 7.89. The minimum Gasteiger partial charge on any atom is -0.394 e. The molecule has 1 aromatic rings. The summed E-state index contributed by atoms with van der Waals surface area (Å²) in [5, 5.41) is 10.6. The first-order valence-corrected chi connectivity index (χ1v) is 13.9. The zero-order chi connectivity index (χ0) is 25.6. The minimum atomic E-state index is -0.886. The number of halogens is 1. The molecule has 0 bridgehead atoms. The van der Waals surface area contributed by atoms with Crippen LogP contribution in [0.25, 0.3) is 0 Å². The van der Waals surface area contributed by atoms with Crippen molar-refractivity contribution in [3.63, 3.8) is 0 Å². The standard InChI is InChI=1S/C27H32ClN3O4S/c1-3-13-29-14-5-7-20-21(24(29)33)22-25(34)31(18(4-2)16-32)23-26(35)30(15-6-12-27(22,23)36-20)19-10-8-17(28)9-11-19/h5-12,18,20-23,32H,3-4,13-16H2,1-2H3/t18-,20-,21+,22-,23?,27-/m0/s1. The number of hydrogen-bond donors (Lipinski definition) is 1. The molecule has 0 radical (unpaired) electrons. The molecule has 192 valence electrons. The zero-order valence-electron chi connectivity index (χ0n) is 20.5. The lowest BCUT2D eigenvalue weighted by molar-refractivity contribution is -0.144. The smallest absolute Gasteiger partial charge is 0.251 e. The van der Waals surface area contributed by atoms with Crippen molar-refractivity contribution in [1.82, 2.24) is 9.80 Å². The van der Waals surface area contributed by atoms with E-state index in [9.17, 15) is 19.5 Å². The number of likely N-dealkylation sites (tertiary alicyclic amines) is 1. The van der Waals surface area contributed by atoms with Gasteiger partial charge >= 0.3 is 0 Å². The molecule has 7 nitrogen and oxygen atoms in total. The van der Waals surface area contributed by atoms with Crippen molar-refractivity contribution in [2.24, 2.45) is 11.8 Å². The summed E-state index contributed by atoms with van der Waals surface area (Å²) in [6.07, 6.45) is 9.36. The Bertz CT molecular complexity index is 1100. The summed E-state index contributed by atoms with van der Waals surface area (Å²) in [5.74, 6) is -1.64. The van der Waals surface area contributed by atoms with Crippen molar-refractivity contribution in [2.45, 2.75) is 48.8 Å². The van der Waals surface area contributed by atoms with Crippen molar-refractivity contribution < 1.29 is 19.5 Å². The first-order valence-electron chi connectivity index (χ1n) is 12.7. The SMILES string of the molecule is CCCN1CC=C[C@@H]2S[C@]34C=CCN(c5ccc(Cl)cc5)C(=O)C3N([C@@H](CC)CO)C(=O)[C@@H]4[C@@H]2C1=O. The molecule has 1 aromatic carbocycles. The van der Waals surface area contributed by atoms with Crippen LogP contribution < -0.4 is 4.90 Å². The maximum absolute atomic E-state index is 14.3. The molecular formula is C27H32ClN3O4S. The second-order valence-electron chi connectivity index (χ2n) is 9.87. The van der Waals surface area contributed by atoms with Crippen LogP contribution in [0.5, 0.6) is 0 Å². The van der Waals surface area contributed by atoms with Gasteiger partial charge in [0.1, 0.15) is 6.04 Å². The molecule has 4 heterocycles. The molecule has 0 aliphatic carbocycles. The molecule has 36 heavy (non-hydrogen) atoms. The molecule has 3 amide bonds. The van der Waals surface area contributed by atoms with Crippen LogP contribution in [-0.2, 0) is 14.4 Å². The van der Waals surface area contributed by atoms with Gasteiger partial charge in [-0.15, -0.1) is 11.8 Å². The molecule has 2 fully saturated rings. The normalized spacial score (nSPS) is 32.3. The Morgan fingerprint density at radius 1 is 1.08 bits per heavy atom. The first-order chi connectivity index (χ1) is 17.4. The van der Waals surface area contributed by atoms with Crippen LogP contribution >= 0.6 is 23.4 Å². The van der Waals surface area contributed by atoms with Gasteiger partial charge in [-0.2, -0.15) is 0 Å². The van der Waals surface area contributed by atoms with Crippen molar-refractivity contribution in [3.05, 3.63) is 53.6 Å². The zero-order valence-corrected chi connectivity index (χ0v) is 22.1. The fourth-order valence-corrected chi connectivity index (χ4v) is 8.38. The number of thioether (sulfide) groups is 1. The van der Waals surface area contributed by atoms with Crippen LogP contribution in [0.1, 0.15) is 26.7 Å². The van der Waals surface area contributed by atoms with Crippen molar-refractivity contribution in [2.75, 3.05) is 31.1 Å². The number of amides is 3. The first kappa shape index (κ1) is 25.4. The molecular weight excluding hydrogens is 498 g/mol. The molecule has 1 unspecified atom stereocenters. The van der Waals surface area contributed by atoms with Gasteiger partial charge < -0.3 is 19.8 Å². The molecule has 6 atom stereocenters. The monoisotopic (exact) mass is 529 g/mol. The second-order valence-corrected chi connectivity index (χ2v) is 11.8. The number of aliphatic hydroxyl groups is 1. The fraction of sp³-hybridized carbons (Fsp3) is 0.519. The highest BCUT2D eigenvalue weighted by Crippen LogP contribution is 2.61. The highest BCUT2D eigenvalue weighted by atomic mass is 35.5. The van der Waals surface area contributed by atoms with E-state index in [1.165, 1.54) is 0 Å². The molecule has 4 aliphatic heterocycles. The summed E-state index contributed by atoms with van der Waals surface area (Å²) < 4.78 is -0.886. The largest absolute Gasteiger partial charge is 0.394 e. The average molecular weight is 530 g/mol. The van der Waals surface area contributed by atoms with Crippen LogP contribution in [0.4, 0.5) is 5.69 Å². The molecule has 4 aliphatic rings. The van der Waals surface area contributed by atoms with Gasteiger partial charge in [-0.05, 0) is 37.1 Å². The predicted octanol–water partition coefficient (Wildman–Crippen LogP) is 3.12.